The van der Waals surface area contributed by atoms with Crippen LogP contribution in [-0.2, 0) is 24.0 Å². The highest BCUT2D eigenvalue weighted by Crippen LogP contribution is 2.33. The molecule has 0 unspecified atom stereocenters. The number of hydrogen-bond acceptors (Lipinski definition) is 5. The van der Waals surface area contributed by atoms with Crippen molar-refractivity contribution in [1.29, 1.82) is 0 Å². The lowest BCUT2D eigenvalue weighted by atomic mass is 10.1. The Kier molecular flexibility index (Phi) is 9.88. The van der Waals surface area contributed by atoms with Crippen LogP contribution in [-0.4, -0.2) is 24.7 Å². The molecule has 0 radical (unpaired) electrons. The Labute approximate surface area is 218 Å². The molecule has 37 heavy (non-hydrogen) atoms. The van der Waals surface area contributed by atoms with E-state index in [-0.39, 0.29) is 28.1 Å². The fourth-order valence-corrected chi connectivity index (χ4v) is 3.66. The molecule has 9 heteroatoms. The molecular formula is C28H26ClF3N2O3. The number of alkyl halides is 3. The van der Waals surface area contributed by atoms with E-state index in [2.05, 4.69) is 46.7 Å². The van der Waals surface area contributed by atoms with Crippen molar-refractivity contribution in [3.8, 4) is 5.75 Å². The SMILES string of the molecule is CCOC(=O)c1cnc2cc(C(F)(F)F)ccc2c1Cl.COc1ccc(CNCc2ccccc2)cc1. The first kappa shape index (κ1) is 28.0. The minimum absolute atomic E-state index is 0.0285. The third kappa shape index (κ3) is 7.93. The lowest BCUT2D eigenvalue weighted by Gasteiger charge is -2.10. The average molecular weight is 531 g/mol. The van der Waals surface area contributed by atoms with Gasteiger partial charge in [0.1, 0.15) is 5.75 Å². The molecule has 0 saturated carbocycles. The summed E-state index contributed by atoms with van der Waals surface area (Å²) in [6.07, 6.45) is -3.34. The number of hydrogen-bond donors (Lipinski definition) is 1. The van der Waals surface area contributed by atoms with E-state index in [0.29, 0.717) is 0 Å². The first-order chi connectivity index (χ1) is 17.7. The standard InChI is InChI=1S/C15H17NO.C13H9ClF3NO2/c1-17-15-9-7-14(8-10-15)12-16-11-13-5-3-2-4-6-13;1-2-20-12(19)9-6-18-10-5-7(13(15,16)17)3-4-8(10)11(9)14/h2-10,16H,11-12H2,1H3;3-6H,2H2,1H3. The fraction of sp³-hybridized carbons (Fsp3) is 0.214. The van der Waals surface area contributed by atoms with Crippen LogP contribution < -0.4 is 10.1 Å². The molecule has 1 heterocycles. The molecule has 1 aromatic heterocycles. The molecule has 0 bridgehead atoms. The van der Waals surface area contributed by atoms with Gasteiger partial charge in [0.25, 0.3) is 0 Å². The van der Waals surface area contributed by atoms with Crippen LogP contribution in [0.1, 0.15) is 34.0 Å². The molecule has 0 aliphatic heterocycles. The summed E-state index contributed by atoms with van der Waals surface area (Å²) in [5, 5.41) is 3.71. The van der Waals surface area contributed by atoms with Crippen LogP contribution in [0.15, 0.2) is 79.0 Å². The first-order valence-electron chi connectivity index (χ1n) is 11.4. The van der Waals surface area contributed by atoms with Gasteiger partial charge in [-0.1, -0.05) is 60.1 Å². The number of nitrogens with one attached hydrogen (secondary N) is 1. The summed E-state index contributed by atoms with van der Waals surface area (Å²) < 4.78 is 47.7. The second-order valence-corrected chi connectivity index (χ2v) is 8.25. The van der Waals surface area contributed by atoms with E-state index >= 15 is 0 Å². The van der Waals surface area contributed by atoms with Crippen molar-refractivity contribution >= 4 is 28.5 Å². The Bertz CT molecular complexity index is 1310. The minimum atomic E-state index is -4.46. The predicted octanol–water partition coefficient (Wildman–Crippen LogP) is 7.07. The Morgan fingerprint density at radius 2 is 1.62 bits per heavy atom. The molecule has 0 saturated heterocycles. The molecule has 0 fully saturated rings. The highest BCUT2D eigenvalue weighted by molar-refractivity contribution is 6.38. The fourth-order valence-electron chi connectivity index (χ4n) is 3.38. The largest absolute Gasteiger partial charge is 0.497 e. The van der Waals surface area contributed by atoms with Crippen molar-refractivity contribution in [3.05, 3.63) is 106 Å². The van der Waals surface area contributed by atoms with Crippen LogP contribution in [0.4, 0.5) is 13.2 Å². The summed E-state index contributed by atoms with van der Waals surface area (Å²) in [4.78, 5) is 15.4. The number of methoxy groups -OCH3 is 1. The van der Waals surface area contributed by atoms with Crippen molar-refractivity contribution in [3.63, 3.8) is 0 Å². The van der Waals surface area contributed by atoms with Gasteiger partial charge in [-0.05, 0) is 42.3 Å². The number of halogens is 4. The molecule has 5 nitrogen and oxygen atoms in total. The minimum Gasteiger partial charge on any atom is -0.497 e. The monoisotopic (exact) mass is 530 g/mol. The summed E-state index contributed by atoms with van der Waals surface area (Å²) in [6, 6.07) is 21.5. The van der Waals surface area contributed by atoms with Gasteiger partial charge in [-0.2, -0.15) is 13.2 Å². The van der Waals surface area contributed by atoms with Crippen LogP contribution in [0.3, 0.4) is 0 Å². The Balaban J connectivity index is 0.000000208. The second kappa shape index (κ2) is 13.1. The van der Waals surface area contributed by atoms with Crippen LogP contribution in [0.2, 0.25) is 5.02 Å². The van der Waals surface area contributed by atoms with Gasteiger partial charge in [0, 0.05) is 24.7 Å². The zero-order valence-corrected chi connectivity index (χ0v) is 21.1. The van der Waals surface area contributed by atoms with E-state index in [9.17, 15) is 18.0 Å². The predicted molar refractivity (Wildman–Crippen MR) is 138 cm³/mol. The van der Waals surface area contributed by atoms with Crippen molar-refractivity contribution < 1.29 is 27.4 Å². The third-order valence-electron chi connectivity index (χ3n) is 5.29. The van der Waals surface area contributed by atoms with Gasteiger partial charge in [-0.3, -0.25) is 4.98 Å². The second-order valence-electron chi connectivity index (χ2n) is 7.87. The topological polar surface area (TPSA) is 60.5 Å². The zero-order valence-electron chi connectivity index (χ0n) is 20.3. The summed E-state index contributed by atoms with van der Waals surface area (Å²) in [5.41, 5.74) is 1.85. The van der Waals surface area contributed by atoms with Crippen molar-refractivity contribution in [2.45, 2.75) is 26.2 Å². The van der Waals surface area contributed by atoms with E-state index < -0.39 is 17.7 Å². The smallest absolute Gasteiger partial charge is 0.416 e. The molecule has 0 atom stereocenters. The Hall–Kier alpha value is -3.62. The maximum absolute atomic E-state index is 12.6. The van der Waals surface area contributed by atoms with E-state index in [1.807, 2.05) is 18.2 Å². The van der Waals surface area contributed by atoms with Crippen molar-refractivity contribution in [1.82, 2.24) is 10.3 Å². The highest BCUT2D eigenvalue weighted by Gasteiger charge is 2.31. The molecule has 1 N–H and O–H groups in total. The number of ether oxygens (including phenoxy) is 2. The average Bonchev–Trinajstić information content (AvgIpc) is 2.90. The lowest BCUT2D eigenvalue weighted by molar-refractivity contribution is -0.137. The molecular weight excluding hydrogens is 505 g/mol. The zero-order chi connectivity index (χ0) is 26.8. The van der Waals surface area contributed by atoms with Crippen LogP contribution in [0.25, 0.3) is 10.9 Å². The quantitative estimate of drug-likeness (QED) is 0.259. The number of fused-ring (bicyclic) bond motifs is 1. The third-order valence-corrected chi connectivity index (χ3v) is 5.69. The highest BCUT2D eigenvalue weighted by atomic mass is 35.5. The summed E-state index contributed by atoms with van der Waals surface area (Å²) in [6.45, 7) is 3.57. The molecule has 4 rings (SSSR count). The normalized spacial score (nSPS) is 11.0. The van der Waals surface area contributed by atoms with E-state index in [0.717, 1.165) is 37.2 Å². The molecule has 0 aliphatic rings. The van der Waals surface area contributed by atoms with E-state index in [4.69, 9.17) is 21.1 Å². The number of carbonyl (C=O) groups is 1. The number of aromatic nitrogens is 1. The number of rotatable bonds is 7. The van der Waals surface area contributed by atoms with E-state index in [1.54, 1.807) is 14.0 Å². The van der Waals surface area contributed by atoms with Crippen molar-refractivity contribution in [2.24, 2.45) is 0 Å². The van der Waals surface area contributed by atoms with Gasteiger partial charge in [0.2, 0.25) is 0 Å². The molecule has 3 aromatic carbocycles. The van der Waals surface area contributed by atoms with Gasteiger partial charge in [0.15, 0.2) is 0 Å². The van der Waals surface area contributed by atoms with Gasteiger partial charge in [-0.25, -0.2) is 4.79 Å². The molecule has 0 aliphatic carbocycles. The molecule has 0 amide bonds. The van der Waals surface area contributed by atoms with Gasteiger partial charge >= 0.3 is 12.1 Å². The van der Waals surface area contributed by atoms with Crippen molar-refractivity contribution in [2.75, 3.05) is 13.7 Å². The molecule has 0 spiro atoms. The molecule has 194 valence electrons. The summed E-state index contributed by atoms with van der Waals surface area (Å²) in [5.74, 6) is 0.239. The number of pyridine rings is 1. The first-order valence-corrected chi connectivity index (χ1v) is 11.8. The Morgan fingerprint density at radius 3 is 2.22 bits per heavy atom. The van der Waals surface area contributed by atoms with Crippen LogP contribution in [0.5, 0.6) is 5.75 Å². The maximum Gasteiger partial charge on any atom is 0.416 e. The number of benzene rings is 3. The van der Waals surface area contributed by atoms with Gasteiger partial charge in [-0.15, -0.1) is 0 Å². The summed E-state index contributed by atoms with van der Waals surface area (Å²) in [7, 11) is 1.68. The number of carbonyl (C=O) groups excluding carboxylic acids is 1. The van der Waals surface area contributed by atoms with Gasteiger partial charge in [0.05, 0.1) is 35.4 Å². The lowest BCUT2D eigenvalue weighted by Crippen LogP contribution is -2.12. The van der Waals surface area contributed by atoms with Gasteiger partial charge < -0.3 is 14.8 Å². The van der Waals surface area contributed by atoms with Crippen LogP contribution >= 0.6 is 11.6 Å². The number of esters is 1. The maximum atomic E-state index is 12.6. The Morgan fingerprint density at radius 1 is 0.973 bits per heavy atom. The molecule has 4 aromatic rings. The van der Waals surface area contributed by atoms with Crippen LogP contribution in [0, 0.1) is 0 Å². The summed E-state index contributed by atoms with van der Waals surface area (Å²) >= 11 is 6.02. The number of nitrogens with zero attached hydrogens (tertiary/aromatic N) is 1. The van der Waals surface area contributed by atoms with E-state index in [1.165, 1.54) is 17.2 Å².